The van der Waals surface area contributed by atoms with Gasteiger partial charge in [0.1, 0.15) is 0 Å². The number of ketones is 1. The molecule has 1 aliphatic carbocycles. The van der Waals surface area contributed by atoms with Crippen LogP contribution in [0.4, 0.5) is 0 Å². The number of aliphatic hydroxyl groups is 1. The van der Waals surface area contributed by atoms with Crippen molar-refractivity contribution < 1.29 is 19.4 Å². The molecule has 1 saturated heterocycles. The number of hydrogen-bond donors (Lipinski definition) is 1. The number of hydrogen-bond acceptors (Lipinski definition) is 4. The van der Waals surface area contributed by atoms with Crippen molar-refractivity contribution in [2.45, 2.75) is 59.2 Å². The van der Waals surface area contributed by atoms with Crippen LogP contribution in [-0.4, -0.2) is 36.8 Å². The first-order valence-corrected chi connectivity index (χ1v) is 10.7. The fourth-order valence-corrected chi connectivity index (χ4v) is 4.06. The van der Waals surface area contributed by atoms with E-state index in [2.05, 4.69) is 13.0 Å². The second-order valence-corrected chi connectivity index (χ2v) is 7.93. The normalized spacial score (nSPS) is 23.0. The average Bonchev–Trinajstić information content (AvgIpc) is 2.73. The Kier molecular flexibility index (Phi) is 9.36. The average molecular weight is 389 g/mol. The van der Waals surface area contributed by atoms with Crippen molar-refractivity contribution in [1.29, 1.82) is 0 Å². The highest BCUT2D eigenvalue weighted by Gasteiger charge is 2.40. The summed E-state index contributed by atoms with van der Waals surface area (Å²) in [4.78, 5) is 12.3. The smallest absolute Gasteiger partial charge is 0.161 e. The van der Waals surface area contributed by atoms with Gasteiger partial charge in [-0.25, -0.2) is 0 Å². The standard InChI is InChI=1S/C22H30O4.C2H6/c1-17(15-26-16-18-5-3-2-4-6-18)13-21(24)19-14-22(8-7-20(19)23)9-11-25-12-10-22;1-2/h2-8,17,19,21,24H,9-16H2,1H3;1-2H3. The van der Waals surface area contributed by atoms with Gasteiger partial charge in [-0.15, -0.1) is 0 Å². The Balaban J connectivity index is 0.00000136. The van der Waals surface area contributed by atoms with Crippen LogP contribution in [0.15, 0.2) is 42.5 Å². The van der Waals surface area contributed by atoms with Crippen molar-refractivity contribution in [3.8, 4) is 0 Å². The zero-order valence-electron chi connectivity index (χ0n) is 17.6. The van der Waals surface area contributed by atoms with Crippen molar-refractivity contribution in [2.75, 3.05) is 19.8 Å². The van der Waals surface area contributed by atoms with Gasteiger partial charge in [0, 0.05) is 25.7 Å². The Morgan fingerprint density at radius 3 is 2.57 bits per heavy atom. The third kappa shape index (κ3) is 6.54. The van der Waals surface area contributed by atoms with E-state index in [4.69, 9.17) is 9.47 Å². The van der Waals surface area contributed by atoms with Crippen molar-refractivity contribution in [2.24, 2.45) is 17.3 Å². The largest absolute Gasteiger partial charge is 0.392 e. The topological polar surface area (TPSA) is 55.8 Å². The maximum absolute atomic E-state index is 12.3. The molecule has 1 aromatic rings. The lowest BCUT2D eigenvalue weighted by molar-refractivity contribution is -0.125. The van der Waals surface area contributed by atoms with Crippen LogP contribution in [0.5, 0.6) is 0 Å². The molecule has 3 rings (SSSR count). The van der Waals surface area contributed by atoms with Gasteiger partial charge in [0.25, 0.3) is 0 Å². The van der Waals surface area contributed by atoms with E-state index in [1.807, 2.05) is 44.2 Å². The molecule has 4 heteroatoms. The first kappa shape index (κ1) is 22.8. The van der Waals surface area contributed by atoms with E-state index in [0.717, 1.165) is 38.0 Å². The second-order valence-electron chi connectivity index (χ2n) is 7.93. The maximum Gasteiger partial charge on any atom is 0.161 e. The number of aliphatic hydroxyl groups excluding tert-OH is 1. The molecule has 1 aromatic carbocycles. The zero-order chi connectivity index (χ0) is 20.4. The fourth-order valence-electron chi connectivity index (χ4n) is 4.06. The van der Waals surface area contributed by atoms with Crippen LogP contribution < -0.4 is 0 Å². The van der Waals surface area contributed by atoms with E-state index < -0.39 is 6.10 Å². The number of carbonyl (C=O) groups is 1. The van der Waals surface area contributed by atoms with Gasteiger partial charge in [0.15, 0.2) is 5.78 Å². The quantitative estimate of drug-likeness (QED) is 0.744. The number of benzene rings is 1. The van der Waals surface area contributed by atoms with Crippen LogP contribution in [0.3, 0.4) is 0 Å². The van der Waals surface area contributed by atoms with Crippen molar-refractivity contribution in [1.82, 2.24) is 0 Å². The van der Waals surface area contributed by atoms with Crippen molar-refractivity contribution in [3.63, 3.8) is 0 Å². The van der Waals surface area contributed by atoms with Gasteiger partial charge < -0.3 is 14.6 Å². The van der Waals surface area contributed by atoms with E-state index in [1.165, 1.54) is 0 Å². The molecule has 1 spiro atoms. The first-order valence-electron chi connectivity index (χ1n) is 10.7. The fraction of sp³-hybridized carbons (Fsp3) is 0.625. The predicted molar refractivity (Wildman–Crippen MR) is 112 cm³/mol. The summed E-state index contributed by atoms with van der Waals surface area (Å²) in [6.07, 6.45) is 6.36. The molecule has 3 unspecified atom stereocenters. The monoisotopic (exact) mass is 388 g/mol. The van der Waals surface area contributed by atoms with E-state index in [1.54, 1.807) is 6.08 Å². The summed E-state index contributed by atoms with van der Waals surface area (Å²) in [5.74, 6) is -0.0280. The van der Waals surface area contributed by atoms with E-state index in [9.17, 15) is 9.90 Å². The molecule has 0 radical (unpaired) electrons. The Bertz CT molecular complexity index is 604. The molecule has 1 N–H and O–H groups in total. The van der Waals surface area contributed by atoms with E-state index in [-0.39, 0.29) is 23.0 Å². The summed E-state index contributed by atoms with van der Waals surface area (Å²) in [6.45, 7) is 8.72. The summed E-state index contributed by atoms with van der Waals surface area (Å²) in [6, 6.07) is 10.1. The molecule has 1 fully saturated rings. The van der Waals surface area contributed by atoms with E-state index in [0.29, 0.717) is 19.6 Å². The Morgan fingerprint density at radius 1 is 1.21 bits per heavy atom. The van der Waals surface area contributed by atoms with Gasteiger partial charge in [-0.1, -0.05) is 57.2 Å². The Hall–Kier alpha value is -1.49. The van der Waals surface area contributed by atoms with E-state index >= 15 is 0 Å². The molecule has 3 atom stereocenters. The summed E-state index contributed by atoms with van der Waals surface area (Å²) >= 11 is 0. The predicted octanol–water partition coefficient (Wildman–Crippen LogP) is 4.56. The molecular formula is C24H36O4. The van der Waals surface area contributed by atoms with Gasteiger partial charge in [-0.2, -0.15) is 0 Å². The van der Waals surface area contributed by atoms with Gasteiger partial charge in [0.2, 0.25) is 0 Å². The molecule has 0 amide bonds. The molecule has 0 saturated carbocycles. The minimum absolute atomic E-state index is 0.0326. The van der Waals surface area contributed by atoms with Crippen LogP contribution in [0.25, 0.3) is 0 Å². The Labute approximate surface area is 169 Å². The van der Waals surface area contributed by atoms with Crippen LogP contribution in [0.2, 0.25) is 0 Å². The molecule has 2 aliphatic rings. The molecule has 0 aromatic heterocycles. The lowest BCUT2D eigenvalue weighted by Crippen LogP contribution is -2.40. The van der Waals surface area contributed by atoms with Gasteiger partial charge in [-0.05, 0) is 48.7 Å². The highest BCUT2D eigenvalue weighted by molar-refractivity contribution is 5.93. The molecule has 4 nitrogen and oxygen atoms in total. The molecule has 1 heterocycles. The summed E-state index contributed by atoms with van der Waals surface area (Å²) < 4.78 is 11.2. The van der Waals surface area contributed by atoms with Crippen LogP contribution >= 0.6 is 0 Å². The highest BCUT2D eigenvalue weighted by Crippen LogP contribution is 2.43. The van der Waals surface area contributed by atoms with Crippen molar-refractivity contribution >= 4 is 5.78 Å². The highest BCUT2D eigenvalue weighted by atomic mass is 16.5. The Morgan fingerprint density at radius 2 is 1.89 bits per heavy atom. The maximum atomic E-state index is 12.3. The lowest BCUT2D eigenvalue weighted by atomic mass is 9.67. The zero-order valence-corrected chi connectivity index (χ0v) is 17.6. The number of rotatable bonds is 7. The van der Waals surface area contributed by atoms with Crippen molar-refractivity contribution in [3.05, 3.63) is 48.0 Å². The second kappa shape index (κ2) is 11.5. The summed E-state index contributed by atoms with van der Waals surface area (Å²) in [5.41, 5.74) is 1.18. The number of allylic oxidation sites excluding steroid dienone is 2. The third-order valence-electron chi connectivity index (χ3n) is 5.70. The summed E-state index contributed by atoms with van der Waals surface area (Å²) in [7, 11) is 0. The number of carbonyl (C=O) groups excluding carboxylic acids is 1. The van der Waals surface area contributed by atoms with Crippen LogP contribution in [-0.2, 0) is 20.9 Å². The molecule has 1 aliphatic heterocycles. The van der Waals surface area contributed by atoms with Gasteiger partial charge in [-0.3, -0.25) is 4.79 Å². The minimum Gasteiger partial charge on any atom is -0.392 e. The molecule has 0 bridgehead atoms. The number of ether oxygens (including phenoxy) is 2. The third-order valence-corrected chi connectivity index (χ3v) is 5.70. The summed E-state index contributed by atoms with van der Waals surface area (Å²) in [5, 5.41) is 10.7. The van der Waals surface area contributed by atoms with Gasteiger partial charge in [0.05, 0.1) is 12.7 Å². The minimum atomic E-state index is -0.609. The van der Waals surface area contributed by atoms with Crippen LogP contribution in [0.1, 0.15) is 52.0 Å². The SMILES string of the molecule is CC.CC(COCc1ccccc1)CC(O)C1CC2(C=CC1=O)CCOCC2. The molecule has 28 heavy (non-hydrogen) atoms. The first-order chi connectivity index (χ1) is 13.6. The lowest BCUT2D eigenvalue weighted by Gasteiger charge is -2.40. The molecular weight excluding hydrogens is 352 g/mol. The molecule has 156 valence electrons. The van der Waals surface area contributed by atoms with Gasteiger partial charge >= 0.3 is 0 Å². The van der Waals surface area contributed by atoms with Crippen LogP contribution in [0, 0.1) is 17.3 Å².